The fraction of sp³-hybridized carbons (Fsp3) is 0.692. The van der Waals surface area contributed by atoms with E-state index >= 15 is 0 Å². The maximum absolute atomic E-state index is 12.6. The fourth-order valence-corrected chi connectivity index (χ4v) is 6.07. The van der Waals surface area contributed by atoms with Crippen LogP contribution in [-0.4, -0.2) is 43.4 Å². The lowest BCUT2D eigenvalue weighted by Crippen LogP contribution is -2.32. The van der Waals surface area contributed by atoms with Crippen LogP contribution >= 0.6 is 23.1 Å². The molecule has 0 unspecified atom stereocenters. The van der Waals surface area contributed by atoms with Crippen molar-refractivity contribution in [3.05, 3.63) is 17.0 Å². The zero-order valence-corrected chi connectivity index (χ0v) is 13.8. The quantitative estimate of drug-likeness (QED) is 0.897. The number of rotatable bonds is 5. The number of thioether (sulfide) groups is 1. The van der Waals surface area contributed by atoms with E-state index in [0.29, 0.717) is 23.3 Å². The third kappa shape index (κ3) is 3.57. The number of hydrogen-bond donors (Lipinski definition) is 1. The summed E-state index contributed by atoms with van der Waals surface area (Å²) >= 11 is 3.19. The molecule has 1 saturated carbocycles. The normalized spacial score (nSPS) is 21.8. The molecule has 1 aromatic heterocycles. The largest absolute Gasteiger partial charge is 0.310 e. The Morgan fingerprint density at radius 1 is 1.30 bits per heavy atom. The first-order valence-electron chi connectivity index (χ1n) is 7.05. The van der Waals surface area contributed by atoms with Gasteiger partial charge in [-0.25, -0.2) is 8.42 Å². The highest BCUT2D eigenvalue weighted by Crippen LogP contribution is 2.26. The Hall–Kier alpha value is -0.0800. The lowest BCUT2D eigenvalue weighted by atomic mass is 10.3. The minimum absolute atomic E-state index is 0.497. The summed E-state index contributed by atoms with van der Waals surface area (Å²) in [6, 6.07) is 2.49. The van der Waals surface area contributed by atoms with Gasteiger partial charge in [0.15, 0.2) is 0 Å². The number of nitrogens with one attached hydrogen (secondary N) is 1. The van der Waals surface area contributed by atoms with Crippen molar-refractivity contribution in [2.45, 2.75) is 36.1 Å². The van der Waals surface area contributed by atoms with E-state index in [-0.39, 0.29) is 0 Å². The van der Waals surface area contributed by atoms with Crippen molar-refractivity contribution in [2.75, 3.05) is 24.6 Å². The van der Waals surface area contributed by atoms with Crippen LogP contribution in [0.15, 0.2) is 15.7 Å². The highest BCUT2D eigenvalue weighted by Gasteiger charge is 2.27. The van der Waals surface area contributed by atoms with E-state index in [0.717, 1.165) is 30.0 Å². The Morgan fingerprint density at radius 3 is 2.95 bits per heavy atom. The van der Waals surface area contributed by atoms with Gasteiger partial charge in [-0.05, 0) is 42.0 Å². The Bertz CT molecular complexity index is 544. The molecule has 1 aliphatic heterocycles. The molecule has 2 fully saturated rings. The molecule has 2 aliphatic rings. The van der Waals surface area contributed by atoms with Gasteiger partial charge in [0.2, 0.25) is 0 Å². The molecule has 1 saturated heterocycles. The molecular formula is C13H20N2O2S3. The molecule has 0 spiro atoms. The van der Waals surface area contributed by atoms with Crippen LogP contribution in [0.5, 0.6) is 0 Å². The van der Waals surface area contributed by atoms with E-state index in [1.807, 2.05) is 23.2 Å². The predicted octanol–water partition coefficient (Wildman–Crippen LogP) is 2.13. The zero-order chi connectivity index (χ0) is 14.0. The first-order chi connectivity index (χ1) is 9.66. The van der Waals surface area contributed by atoms with Gasteiger partial charge in [-0.1, -0.05) is 0 Å². The van der Waals surface area contributed by atoms with Gasteiger partial charge in [0.05, 0.1) is 0 Å². The molecule has 1 N–H and O–H groups in total. The van der Waals surface area contributed by atoms with Crippen molar-refractivity contribution in [3.8, 4) is 0 Å². The van der Waals surface area contributed by atoms with Crippen LogP contribution in [-0.2, 0) is 16.6 Å². The summed E-state index contributed by atoms with van der Waals surface area (Å²) in [5.74, 6) is 1.97. The average molecular weight is 333 g/mol. The monoisotopic (exact) mass is 332 g/mol. The Balaban J connectivity index is 1.69. The third-order valence-electron chi connectivity index (χ3n) is 3.58. The molecule has 20 heavy (non-hydrogen) atoms. The average Bonchev–Trinajstić information content (AvgIpc) is 3.19. The second-order valence-electron chi connectivity index (χ2n) is 5.30. The van der Waals surface area contributed by atoms with Crippen LogP contribution in [0.4, 0.5) is 0 Å². The molecule has 3 rings (SSSR count). The summed E-state index contributed by atoms with van der Waals surface area (Å²) in [5.41, 5.74) is 1.09. The molecular weight excluding hydrogens is 312 g/mol. The summed E-state index contributed by atoms with van der Waals surface area (Å²) in [6.45, 7) is 2.08. The van der Waals surface area contributed by atoms with E-state index in [9.17, 15) is 8.42 Å². The fourth-order valence-electron chi connectivity index (χ4n) is 2.22. The maximum atomic E-state index is 12.6. The van der Waals surface area contributed by atoms with E-state index in [1.54, 1.807) is 4.31 Å². The van der Waals surface area contributed by atoms with Gasteiger partial charge in [-0.15, -0.1) is 11.3 Å². The molecule has 4 nitrogen and oxygen atoms in total. The lowest BCUT2D eigenvalue weighted by molar-refractivity contribution is 0.436. The number of hydrogen-bond acceptors (Lipinski definition) is 5. The Morgan fingerprint density at radius 2 is 2.15 bits per heavy atom. The van der Waals surface area contributed by atoms with Crippen molar-refractivity contribution < 1.29 is 8.42 Å². The molecule has 0 amide bonds. The summed E-state index contributed by atoms with van der Waals surface area (Å²) in [4.78, 5) is 0. The van der Waals surface area contributed by atoms with E-state index in [2.05, 4.69) is 5.32 Å². The van der Waals surface area contributed by atoms with Gasteiger partial charge in [0.1, 0.15) is 4.21 Å². The van der Waals surface area contributed by atoms with Crippen LogP contribution in [0.1, 0.15) is 24.8 Å². The molecule has 0 atom stereocenters. The van der Waals surface area contributed by atoms with Crippen molar-refractivity contribution in [2.24, 2.45) is 0 Å². The third-order valence-corrected chi connectivity index (χ3v) is 7.99. The van der Waals surface area contributed by atoms with Crippen LogP contribution in [0.25, 0.3) is 0 Å². The lowest BCUT2D eigenvalue weighted by Gasteiger charge is -2.18. The van der Waals surface area contributed by atoms with E-state index < -0.39 is 10.0 Å². The van der Waals surface area contributed by atoms with Crippen molar-refractivity contribution in [1.29, 1.82) is 0 Å². The summed E-state index contributed by atoms with van der Waals surface area (Å²) in [6.07, 6.45) is 3.45. The second kappa shape index (κ2) is 6.36. The highest BCUT2D eigenvalue weighted by molar-refractivity contribution is 7.99. The van der Waals surface area contributed by atoms with Crippen LogP contribution in [0.3, 0.4) is 0 Å². The number of nitrogens with zero attached hydrogens (tertiary/aromatic N) is 1. The molecule has 1 aliphatic carbocycles. The Kier molecular flexibility index (Phi) is 4.72. The SMILES string of the molecule is O=S(=O)(c1cc(CNC2CC2)cs1)N1CCCSCC1. The van der Waals surface area contributed by atoms with Crippen molar-refractivity contribution >= 4 is 33.1 Å². The molecule has 112 valence electrons. The summed E-state index contributed by atoms with van der Waals surface area (Å²) < 4.78 is 27.4. The minimum atomic E-state index is -3.28. The standard InChI is InChI=1S/C13H20N2O2S3/c16-20(17,15-4-1-6-18-7-5-15)13-8-11(10-19-13)9-14-12-2-3-12/h8,10,12,14H,1-7,9H2. The van der Waals surface area contributed by atoms with Crippen LogP contribution in [0.2, 0.25) is 0 Å². The van der Waals surface area contributed by atoms with Gasteiger partial charge < -0.3 is 5.32 Å². The van der Waals surface area contributed by atoms with Gasteiger partial charge >= 0.3 is 0 Å². The second-order valence-corrected chi connectivity index (χ2v) is 9.60. The first kappa shape index (κ1) is 14.8. The summed E-state index contributed by atoms with van der Waals surface area (Å²) in [7, 11) is -3.28. The molecule has 2 heterocycles. The van der Waals surface area contributed by atoms with Gasteiger partial charge in [0, 0.05) is 31.4 Å². The van der Waals surface area contributed by atoms with Crippen molar-refractivity contribution in [3.63, 3.8) is 0 Å². The van der Waals surface area contributed by atoms with E-state index in [4.69, 9.17) is 0 Å². The van der Waals surface area contributed by atoms with Crippen LogP contribution < -0.4 is 5.32 Å². The number of sulfonamides is 1. The highest BCUT2D eigenvalue weighted by atomic mass is 32.2. The smallest absolute Gasteiger partial charge is 0.252 e. The van der Waals surface area contributed by atoms with Gasteiger partial charge in [-0.2, -0.15) is 16.1 Å². The van der Waals surface area contributed by atoms with E-state index in [1.165, 1.54) is 24.2 Å². The first-order valence-corrected chi connectivity index (χ1v) is 10.5. The topological polar surface area (TPSA) is 49.4 Å². The molecule has 0 bridgehead atoms. The van der Waals surface area contributed by atoms with Gasteiger partial charge in [0.25, 0.3) is 10.0 Å². The minimum Gasteiger partial charge on any atom is -0.310 e. The maximum Gasteiger partial charge on any atom is 0.252 e. The molecule has 7 heteroatoms. The Labute approximate surface area is 129 Å². The molecule has 0 aromatic carbocycles. The zero-order valence-electron chi connectivity index (χ0n) is 11.4. The van der Waals surface area contributed by atoms with Crippen molar-refractivity contribution in [1.82, 2.24) is 9.62 Å². The number of thiophene rings is 1. The molecule has 1 aromatic rings. The predicted molar refractivity (Wildman–Crippen MR) is 84.9 cm³/mol. The van der Waals surface area contributed by atoms with Gasteiger partial charge in [-0.3, -0.25) is 0 Å². The van der Waals surface area contributed by atoms with Crippen LogP contribution in [0, 0.1) is 0 Å². The molecule has 0 radical (unpaired) electrons. The summed E-state index contributed by atoms with van der Waals surface area (Å²) in [5, 5.41) is 5.39.